The molecule has 1 heterocycles. The molecule has 0 bridgehead atoms. The highest BCUT2D eigenvalue weighted by atomic mass is 79.9. The summed E-state index contributed by atoms with van der Waals surface area (Å²) in [5.74, 6) is 0. The molecule has 3 heteroatoms. The quantitative estimate of drug-likeness (QED) is 0.764. The molecule has 0 fully saturated rings. The molecule has 0 saturated heterocycles. The van der Waals surface area contributed by atoms with Crippen LogP contribution in [0.2, 0.25) is 0 Å². The van der Waals surface area contributed by atoms with E-state index in [0.29, 0.717) is 6.04 Å². The molecule has 0 spiro atoms. The Labute approximate surface area is 75.2 Å². The lowest BCUT2D eigenvalue weighted by molar-refractivity contribution is 0.651. The van der Waals surface area contributed by atoms with Gasteiger partial charge in [0.05, 0.1) is 0 Å². The Morgan fingerprint density at radius 2 is 2.36 bits per heavy atom. The van der Waals surface area contributed by atoms with Crippen molar-refractivity contribution in [1.82, 2.24) is 10.3 Å². The minimum Gasteiger partial charge on any atom is -0.313 e. The first-order chi connectivity index (χ1) is 5.24. The first-order valence-corrected chi connectivity index (χ1v) is 4.32. The van der Waals surface area contributed by atoms with Crippen molar-refractivity contribution in [2.75, 3.05) is 7.05 Å². The molecule has 0 aliphatic heterocycles. The minimum atomic E-state index is 0.384. The van der Waals surface area contributed by atoms with Gasteiger partial charge >= 0.3 is 0 Å². The van der Waals surface area contributed by atoms with Crippen LogP contribution in [0.1, 0.15) is 18.5 Å². The van der Waals surface area contributed by atoms with E-state index < -0.39 is 0 Å². The molecule has 0 amide bonds. The van der Waals surface area contributed by atoms with E-state index in [2.05, 4.69) is 33.2 Å². The van der Waals surface area contributed by atoms with Crippen molar-refractivity contribution in [3.8, 4) is 0 Å². The van der Waals surface area contributed by atoms with Crippen molar-refractivity contribution < 1.29 is 0 Å². The van der Waals surface area contributed by atoms with Crippen LogP contribution in [-0.2, 0) is 0 Å². The van der Waals surface area contributed by atoms with Gasteiger partial charge in [-0.15, -0.1) is 0 Å². The van der Waals surface area contributed by atoms with Crippen LogP contribution >= 0.6 is 15.9 Å². The van der Waals surface area contributed by atoms with E-state index >= 15 is 0 Å². The zero-order valence-corrected chi connectivity index (χ0v) is 8.22. The van der Waals surface area contributed by atoms with E-state index in [4.69, 9.17) is 0 Å². The standard InChI is InChI=1S/C8H11BrN2/c1-6(10-2)7-3-4-11-8(9)5-7/h3-6,10H,1-2H3. The molecule has 1 aromatic heterocycles. The van der Waals surface area contributed by atoms with Gasteiger partial charge in [0.25, 0.3) is 0 Å². The van der Waals surface area contributed by atoms with Crippen LogP contribution in [0.3, 0.4) is 0 Å². The van der Waals surface area contributed by atoms with Crippen molar-refractivity contribution in [3.63, 3.8) is 0 Å². The van der Waals surface area contributed by atoms with Gasteiger partial charge in [0, 0.05) is 12.2 Å². The van der Waals surface area contributed by atoms with Gasteiger partial charge in [-0.1, -0.05) is 0 Å². The van der Waals surface area contributed by atoms with Gasteiger partial charge in [-0.3, -0.25) is 0 Å². The molecular weight excluding hydrogens is 204 g/mol. The summed E-state index contributed by atoms with van der Waals surface area (Å²) in [7, 11) is 1.94. The van der Waals surface area contributed by atoms with E-state index in [1.165, 1.54) is 5.56 Å². The average Bonchev–Trinajstić information content (AvgIpc) is 2.03. The molecule has 2 nitrogen and oxygen atoms in total. The molecule has 1 rings (SSSR count). The Kier molecular flexibility index (Phi) is 3.02. The van der Waals surface area contributed by atoms with Crippen molar-refractivity contribution >= 4 is 15.9 Å². The highest BCUT2D eigenvalue weighted by Crippen LogP contribution is 2.14. The third-order valence-electron chi connectivity index (χ3n) is 1.68. The topological polar surface area (TPSA) is 24.9 Å². The predicted octanol–water partition coefficient (Wildman–Crippen LogP) is 2.12. The summed E-state index contributed by atoms with van der Waals surface area (Å²) in [6.07, 6.45) is 1.80. The minimum absolute atomic E-state index is 0.384. The Balaban J connectivity index is 2.86. The van der Waals surface area contributed by atoms with E-state index in [1.54, 1.807) is 6.20 Å². The van der Waals surface area contributed by atoms with Crippen molar-refractivity contribution in [3.05, 3.63) is 28.5 Å². The average molecular weight is 215 g/mol. The first-order valence-electron chi connectivity index (χ1n) is 3.52. The fraction of sp³-hybridized carbons (Fsp3) is 0.375. The second kappa shape index (κ2) is 3.83. The molecule has 0 aliphatic carbocycles. The maximum absolute atomic E-state index is 4.05. The second-order valence-electron chi connectivity index (χ2n) is 2.42. The summed E-state index contributed by atoms with van der Waals surface area (Å²) < 4.78 is 0.886. The lowest BCUT2D eigenvalue weighted by Crippen LogP contribution is -2.12. The summed E-state index contributed by atoms with van der Waals surface area (Å²) in [6, 6.07) is 4.40. The van der Waals surface area contributed by atoms with Crippen molar-refractivity contribution in [2.24, 2.45) is 0 Å². The molecule has 1 unspecified atom stereocenters. The lowest BCUT2D eigenvalue weighted by Gasteiger charge is -2.09. The van der Waals surface area contributed by atoms with Gasteiger partial charge in [0.15, 0.2) is 0 Å². The third kappa shape index (κ3) is 2.27. The maximum Gasteiger partial charge on any atom is 0.106 e. The summed E-state index contributed by atoms with van der Waals surface area (Å²) in [5.41, 5.74) is 1.24. The normalized spacial score (nSPS) is 13.0. The lowest BCUT2D eigenvalue weighted by atomic mass is 10.1. The maximum atomic E-state index is 4.05. The summed E-state index contributed by atoms with van der Waals surface area (Å²) in [4.78, 5) is 4.05. The zero-order valence-electron chi connectivity index (χ0n) is 6.63. The number of aromatic nitrogens is 1. The summed E-state index contributed by atoms with van der Waals surface area (Å²) >= 11 is 3.32. The highest BCUT2D eigenvalue weighted by molar-refractivity contribution is 9.10. The van der Waals surface area contributed by atoms with E-state index in [-0.39, 0.29) is 0 Å². The molecule has 1 atom stereocenters. The number of pyridine rings is 1. The first kappa shape index (κ1) is 8.68. The Morgan fingerprint density at radius 1 is 1.64 bits per heavy atom. The molecule has 0 aliphatic rings. The van der Waals surface area contributed by atoms with Gasteiger partial charge in [0.1, 0.15) is 4.60 Å². The number of hydrogen-bond acceptors (Lipinski definition) is 2. The van der Waals surface area contributed by atoms with Crippen molar-refractivity contribution in [2.45, 2.75) is 13.0 Å². The Morgan fingerprint density at radius 3 is 2.91 bits per heavy atom. The number of nitrogens with one attached hydrogen (secondary N) is 1. The predicted molar refractivity (Wildman–Crippen MR) is 49.4 cm³/mol. The fourth-order valence-electron chi connectivity index (χ4n) is 0.853. The molecule has 0 radical (unpaired) electrons. The van der Waals surface area contributed by atoms with Crippen LogP contribution in [0, 0.1) is 0 Å². The van der Waals surface area contributed by atoms with Gasteiger partial charge in [0.2, 0.25) is 0 Å². The molecular formula is C8H11BrN2. The molecule has 60 valence electrons. The number of halogens is 1. The number of hydrogen-bond donors (Lipinski definition) is 1. The van der Waals surface area contributed by atoms with Crippen LogP contribution in [0.4, 0.5) is 0 Å². The number of nitrogens with zero attached hydrogens (tertiary/aromatic N) is 1. The monoisotopic (exact) mass is 214 g/mol. The van der Waals surface area contributed by atoms with Gasteiger partial charge < -0.3 is 5.32 Å². The molecule has 0 aromatic carbocycles. The molecule has 1 aromatic rings. The Bertz CT molecular complexity index is 237. The van der Waals surface area contributed by atoms with Crippen LogP contribution in [0.25, 0.3) is 0 Å². The number of rotatable bonds is 2. The van der Waals surface area contributed by atoms with E-state index in [9.17, 15) is 0 Å². The molecule has 11 heavy (non-hydrogen) atoms. The highest BCUT2D eigenvalue weighted by Gasteiger charge is 2.01. The van der Waals surface area contributed by atoms with Gasteiger partial charge in [-0.2, -0.15) is 0 Å². The van der Waals surface area contributed by atoms with E-state index in [1.807, 2.05) is 19.2 Å². The third-order valence-corrected chi connectivity index (χ3v) is 2.12. The van der Waals surface area contributed by atoms with E-state index in [0.717, 1.165) is 4.60 Å². The molecule has 0 saturated carbocycles. The van der Waals surface area contributed by atoms with Gasteiger partial charge in [-0.05, 0) is 47.6 Å². The smallest absolute Gasteiger partial charge is 0.106 e. The van der Waals surface area contributed by atoms with Gasteiger partial charge in [-0.25, -0.2) is 4.98 Å². The second-order valence-corrected chi connectivity index (χ2v) is 3.23. The molecule has 1 N–H and O–H groups in total. The van der Waals surface area contributed by atoms with Crippen LogP contribution in [0.5, 0.6) is 0 Å². The SMILES string of the molecule is CNC(C)c1ccnc(Br)c1. The Hall–Kier alpha value is -0.410. The summed E-state index contributed by atoms with van der Waals surface area (Å²) in [6.45, 7) is 2.11. The van der Waals surface area contributed by atoms with Crippen LogP contribution < -0.4 is 5.32 Å². The summed E-state index contributed by atoms with van der Waals surface area (Å²) in [5, 5.41) is 3.16. The van der Waals surface area contributed by atoms with Crippen LogP contribution in [0.15, 0.2) is 22.9 Å². The zero-order chi connectivity index (χ0) is 8.27. The fourth-order valence-corrected chi connectivity index (χ4v) is 1.24. The van der Waals surface area contributed by atoms with Crippen LogP contribution in [-0.4, -0.2) is 12.0 Å². The van der Waals surface area contributed by atoms with Crippen molar-refractivity contribution in [1.29, 1.82) is 0 Å². The largest absolute Gasteiger partial charge is 0.313 e.